The Bertz CT molecular complexity index is 780. The zero-order valence-electron chi connectivity index (χ0n) is 14.5. The summed E-state index contributed by atoms with van der Waals surface area (Å²) in [5, 5.41) is 14.4. The summed E-state index contributed by atoms with van der Waals surface area (Å²) >= 11 is 1.34. The minimum atomic E-state index is -0.922. The second-order valence-electron chi connectivity index (χ2n) is 6.13. The molecule has 0 fully saturated rings. The van der Waals surface area contributed by atoms with Crippen LogP contribution in [-0.4, -0.2) is 28.6 Å². The van der Waals surface area contributed by atoms with Crippen LogP contribution in [0.4, 0.5) is 13.9 Å². The van der Waals surface area contributed by atoms with Crippen molar-refractivity contribution < 1.29 is 18.4 Å². The van der Waals surface area contributed by atoms with Gasteiger partial charge in [0.15, 0.2) is 0 Å². The number of nitrogens with zero attached hydrogens (tertiary/aromatic N) is 2. The molecule has 2 aromatic rings. The van der Waals surface area contributed by atoms with Gasteiger partial charge in [-0.25, -0.2) is 8.78 Å². The first kappa shape index (κ1) is 19.9. The van der Waals surface area contributed by atoms with Gasteiger partial charge in [0.1, 0.15) is 16.6 Å². The van der Waals surface area contributed by atoms with Crippen molar-refractivity contribution in [1.82, 2.24) is 15.5 Å². The van der Waals surface area contributed by atoms with Gasteiger partial charge in [0, 0.05) is 25.5 Å². The molecule has 2 rings (SSSR count). The quantitative estimate of drug-likeness (QED) is 0.687. The summed E-state index contributed by atoms with van der Waals surface area (Å²) < 4.78 is 26.3. The molecule has 140 valence electrons. The van der Waals surface area contributed by atoms with Crippen molar-refractivity contribution in [2.75, 3.05) is 11.9 Å². The van der Waals surface area contributed by atoms with Gasteiger partial charge in [-0.3, -0.25) is 9.59 Å². The molecule has 26 heavy (non-hydrogen) atoms. The number of anilines is 1. The highest BCUT2D eigenvalue weighted by Crippen LogP contribution is 2.18. The number of carbonyl (C=O) groups excluding carboxylic acids is 2. The van der Waals surface area contributed by atoms with Gasteiger partial charge in [0.25, 0.3) is 5.91 Å². The lowest BCUT2D eigenvalue weighted by atomic mass is 10.1. The number of hydrogen-bond acceptors (Lipinski definition) is 5. The smallest absolute Gasteiger partial charge is 0.254 e. The largest absolute Gasteiger partial charge is 0.352 e. The zero-order chi connectivity index (χ0) is 19.1. The molecule has 1 heterocycles. The Labute approximate surface area is 154 Å². The van der Waals surface area contributed by atoms with Crippen LogP contribution in [0.1, 0.15) is 42.1 Å². The third-order valence-corrected chi connectivity index (χ3v) is 4.20. The maximum atomic E-state index is 13.5. The zero-order valence-corrected chi connectivity index (χ0v) is 15.3. The van der Waals surface area contributed by atoms with Crippen molar-refractivity contribution in [2.45, 2.75) is 33.1 Å². The summed E-state index contributed by atoms with van der Waals surface area (Å²) in [6.07, 6.45) is 1.35. The van der Waals surface area contributed by atoms with Gasteiger partial charge in [0.2, 0.25) is 11.0 Å². The summed E-state index contributed by atoms with van der Waals surface area (Å²) in [5.41, 5.74) is -0.234. The fraction of sp³-hybridized carbons (Fsp3) is 0.412. The average Bonchev–Trinajstić information content (AvgIpc) is 2.97. The minimum Gasteiger partial charge on any atom is -0.352 e. The number of nitrogens with one attached hydrogen (secondary N) is 2. The number of aromatic nitrogens is 2. The second kappa shape index (κ2) is 9.33. The topological polar surface area (TPSA) is 84.0 Å². The summed E-state index contributed by atoms with van der Waals surface area (Å²) in [6.45, 7) is 4.34. The van der Waals surface area contributed by atoms with Crippen LogP contribution in [-0.2, 0) is 11.2 Å². The Morgan fingerprint density at radius 1 is 1.23 bits per heavy atom. The number of halogens is 2. The van der Waals surface area contributed by atoms with Crippen LogP contribution in [0.25, 0.3) is 0 Å². The molecule has 0 aliphatic heterocycles. The van der Waals surface area contributed by atoms with Crippen LogP contribution in [0.3, 0.4) is 0 Å². The first-order chi connectivity index (χ1) is 12.3. The van der Waals surface area contributed by atoms with Gasteiger partial charge in [-0.1, -0.05) is 25.2 Å². The first-order valence-corrected chi connectivity index (χ1v) is 9.02. The lowest BCUT2D eigenvalue weighted by Gasteiger charge is -2.06. The normalized spacial score (nSPS) is 10.8. The summed E-state index contributed by atoms with van der Waals surface area (Å²) in [6, 6.07) is 2.75. The molecule has 0 radical (unpaired) electrons. The van der Waals surface area contributed by atoms with E-state index in [0.29, 0.717) is 23.5 Å². The molecule has 0 aliphatic carbocycles. The Morgan fingerprint density at radius 2 is 2.00 bits per heavy atom. The number of rotatable bonds is 8. The van der Waals surface area contributed by atoms with Crippen molar-refractivity contribution in [2.24, 2.45) is 5.92 Å². The van der Waals surface area contributed by atoms with E-state index < -0.39 is 17.5 Å². The molecule has 0 atom stereocenters. The van der Waals surface area contributed by atoms with Crippen LogP contribution in [0.15, 0.2) is 18.2 Å². The molecule has 2 amide bonds. The average molecular weight is 382 g/mol. The number of hydrogen-bond donors (Lipinski definition) is 2. The summed E-state index contributed by atoms with van der Waals surface area (Å²) in [4.78, 5) is 23.7. The lowest BCUT2D eigenvalue weighted by molar-refractivity contribution is -0.116. The molecule has 0 spiro atoms. The van der Waals surface area contributed by atoms with Crippen molar-refractivity contribution in [3.8, 4) is 0 Å². The van der Waals surface area contributed by atoms with Crippen LogP contribution < -0.4 is 10.6 Å². The van der Waals surface area contributed by atoms with E-state index in [1.54, 1.807) is 0 Å². The summed E-state index contributed by atoms with van der Waals surface area (Å²) in [5.74, 6) is -2.09. The van der Waals surface area contributed by atoms with Crippen LogP contribution >= 0.6 is 11.3 Å². The predicted octanol–water partition coefficient (Wildman–Crippen LogP) is 3.16. The van der Waals surface area contributed by atoms with E-state index in [9.17, 15) is 18.4 Å². The molecule has 1 aromatic heterocycles. The highest BCUT2D eigenvalue weighted by atomic mass is 32.1. The monoisotopic (exact) mass is 382 g/mol. The molecule has 0 unspecified atom stereocenters. The maximum absolute atomic E-state index is 13.5. The number of carbonyl (C=O) groups is 2. The standard InChI is InChI=1S/C17H20F2N4O2S/c1-10(2)8-15-22-23-17(26-15)21-14(24)4-3-7-20-16(25)12-6-5-11(18)9-13(12)19/h5-6,9-10H,3-4,7-8H2,1-2H3,(H,20,25)(H,21,23,24). The highest BCUT2D eigenvalue weighted by molar-refractivity contribution is 7.15. The van der Waals surface area contributed by atoms with E-state index in [2.05, 4.69) is 34.7 Å². The predicted molar refractivity (Wildman–Crippen MR) is 95.0 cm³/mol. The van der Waals surface area contributed by atoms with Gasteiger partial charge in [-0.2, -0.15) is 0 Å². The van der Waals surface area contributed by atoms with Crippen molar-refractivity contribution in [1.29, 1.82) is 0 Å². The SMILES string of the molecule is CC(C)Cc1nnc(NC(=O)CCCNC(=O)c2ccc(F)cc2F)s1. The molecule has 0 saturated heterocycles. The van der Waals surface area contributed by atoms with Gasteiger partial charge in [-0.15, -0.1) is 10.2 Å². The van der Waals surface area contributed by atoms with E-state index in [1.165, 1.54) is 11.3 Å². The maximum Gasteiger partial charge on any atom is 0.254 e. The van der Waals surface area contributed by atoms with E-state index in [4.69, 9.17) is 0 Å². The third-order valence-electron chi connectivity index (χ3n) is 3.34. The molecular formula is C17H20F2N4O2S. The molecule has 0 saturated carbocycles. The third kappa shape index (κ3) is 6.14. The van der Waals surface area contributed by atoms with Gasteiger partial charge < -0.3 is 10.6 Å². The van der Waals surface area contributed by atoms with Crippen molar-refractivity contribution in [3.63, 3.8) is 0 Å². The van der Waals surface area contributed by atoms with E-state index in [1.807, 2.05) is 0 Å². The Balaban J connectivity index is 1.71. The Morgan fingerprint density at radius 3 is 2.69 bits per heavy atom. The van der Waals surface area contributed by atoms with Crippen LogP contribution in [0.2, 0.25) is 0 Å². The lowest BCUT2D eigenvalue weighted by Crippen LogP contribution is -2.26. The highest BCUT2D eigenvalue weighted by Gasteiger charge is 2.13. The molecule has 0 bridgehead atoms. The fourth-order valence-electron chi connectivity index (χ4n) is 2.14. The molecule has 9 heteroatoms. The molecule has 1 aromatic carbocycles. The number of amides is 2. The molecule has 0 aliphatic rings. The number of benzene rings is 1. The molecule has 6 nitrogen and oxygen atoms in total. The van der Waals surface area contributed by atoms with Crippen molar-refractivity contribution in [3.05, 3.63) is 40.4 Å². The second-order valence-corrected chi connectivity index (χ2v) is 7.19. The van der Waals surface area contributed by atoms with Crippen LogP contribution in [0, 0.1) is 17.6 Å². The Kier molecular flexibility index (Phi) is 7.14. The fourth-order valence-corrected chi connectivity index (χ4v) is 3.11. The first-order valence-electron chi connectivity index (χ1n) is 8.20. The Hall–Kier alpha value is -2.42. The van der Waals surface area contributed by atoms with E-state index in [0.717, 1.165) is 23.6 Å². The van der Waals surface area contributed by atoms with Gasteiger partial charge in [-0.05, 0) is 24.5 Å². The minimum absolute atomic E-state index is 0.172. The summed E-state index contributed by atoms with van der Waals surface area (Å²) in [7, 11) is 0. The van der Waals surface area contributed by atoms with Crippen molar-refractivity contribution >= 4 is 28.3 Å². The van der Waals surface area contributed by atoms with Crippen LogP contribution in [0.5, 0.6) is 0 Å². The van der Waals surface area contributed by atoms with Gasteiger partial charge in [0.05, 0.1) is 5.56 Å². The van der Waals surface area contributed by atoms with E-state index >= 15 is 0 Å². The molecular weight excluding hydrogens is 362 g/mol. The molecule has 2 N–H and O–H groups in total. The van der Waals surface area contributed by atoms with Gasteiger partial charge >= 0.3 is 0 Å². The van der Waals surface area contributed by atoms with E-state index in [-0.39, 0.29) is 24.4 Å².